The number of para-hydroxylation sites is 1. The van der Waals surface area contributed by atoms with Gasteiger partial charge in [0.15, 0.2) is 5.17 Å². The molecule has 0 bridgehead atoms. The van der Waals surface area contributed by atoms with Crippen LogP contribution in [0.1, 0.15) is 24.2 Å². The van der Waals surface area contributed by atoms with E-state index in [0.717, 1.165) is 16.9 Å². The average Bonchev–Trinajstić information content (AvgIpc) is 3.37. The number of nitrogens with zero attached hydrogens (tertiary/aromatic N) is 4. The van der Waals surface area contributed by atoms with Crippen LogP contribution in [0.15, 0.2) is 81.8 Å². The number of benzene rings is 3. The third-order valence-electron chi connectivity index (χ3n) is 5.00. The summed E-state index contributed by atoms with van der Waals surface area (Å²) in [6, 6.07) is 18.3. The van der Waals surface area contributed by atoms with Gasteiger partial charge in [-0.25, -0.2) is 9.98 Å². The lowest BCUT2D eigenvalue weighted by molar-refractivity contribution is -0.274. The SMILES string of the molecule is CCSC(=Nc1c(Cl)cccc1Cl)N/N=C/c1ccc(C2N=CN(c3ccc(OC(F)(F)F)cc3)N2)cc1. The van der Waals surface area contributed by atoms with Crippen molar-refractivity contribution in [2.45, 2.75) is 19.5 Å². The van der Waals surface area contributed by atoms with Crippen LogP contribution in [0.5, 0.6) is 5.75 Å². The molecule has 4 rings (SSSR count). The monoisotopic (exact) mass is 580 g/mol. The molecular formula is C25H21Cl2F3N6OS. The van der Waals surface area contributed by atoms with Crippen LogP contribution in [-0.2, 0) is 0 Å². The zero-order valence-corrected chi connectivity index (χ0v) is 22.1. The molecule has 0 saturated heterocycles. The molecule has 0 spiro atoms. The Morgan fingerprint density at radius 1 is 1.11 bits per heavy atom. The fourth-order valence-corrected chi connectivity index (χ4v) is 4.32. The first-order valence-corrected chi connectivity index (χ1v) is 12.9. The van der Waals surface area contributed by atoms with Crippen molar-refractivity contribution < 1.29 is 17.9 Å². The summed E-state index contributed by atoms with van der Waals surface area (Å²) in [5.74, 6) is 0.482. The number of hydrazone groups is 1. The molecule has 7 nitrogen and oxygen atoms in total. The third-order valence-corrected chi connectivity index (χ3v) is 6.35. The number of ether oxygens (including phenoxy) is 1. The zero-order chi connectivity index (χ0) is 27.1. The van der Waals surface area contributed by atoms with Crippen LogP contribution < -0.4 is 20.6 Å². The summed E-state index contributed by atoms with van der Waals surface area (Å²) in [6.45, 7) is 2.00. The Bertz CT molecular complexity index is 1310. The van der Waals surface area contributed by atoms with E-state index in [9.17, 15) is 13.2 Å². The molecule has 1 heterocycles. The largest absolute Gasteiger partial charge is 0.573 e. The number of alkyl halides is 3. The lowest BCUT2D eigenvalue weighted by Crippen LogP contribution is -2.33. The Labute approximate surface area is 231 Å². The summed E-state index contributed by atoms with van der Waals surface area (Å²) >= 11 is 13.9. The summed E-state index contributed by atoms with van der Waals surface area (Å²) in [5.41, 5.74) is 8.93. The third kappa shape index (κ3) is 7.64. The molecule has 0 aliphatic carbocycles. The Balaban J connectivity index is 1.35. The summed E-state index contributed by atoms with van der Waals surface area (Å²) in [6.07, 6.45) is -1.86. The number of thioether (sulfide) groups is 1. The van der Waals surface area contributed by atoms with Crippen molar-refractivity contribution in [3.8, 4) is 5.75 Å². The number of aliphatic imine (C=N–C) groups is 2. The molecule has 0 fully saturated rings. The van der Waals surface area contributed by atoms with Crippen LogP contribution in [0.2, 0.25) is 10.0 Å². The van der Waals surface area contributed by atoms with Gasteiger partial charge in [-0.05, 0) is 53.3 Å². The van der Waals surface area contributed by atoms with Gasteiger partial charge in [-0.15, -0.1) is 13.2 Å². The number of nitrogens with one attached hydrogen (secondary N) is 2. The number of hydrogen-bond acceptors (Lipinski definition) is 7. The summed E-state index contributed by atoms with van der Waals surface area (Å²) in [7, 11) is 0. The second kappa shape index (κ2) is 12.5. The number of hydrogen-bond donors (Lipinski definition) is 2. The van der Waals surface area contributed by atoms with E-state index in [1.165, 1.54) is 36.0 Å². The standard InChI is InChI=1S/C25H21Cl2F3N6OS/c1-2-38-24(33-22-20(26)4-3-5-21(22)27)34-32-14-16-6-8-17(9-7-16)23-31-15-36(35-23)18-10-12-19(13-11-18)37-25(28,29)30/h3-15,23,35H,2H2,1H3,(H,33,34)/b32-14+. The number of halogens is 5. The first-order valence-electron chi connectivity index (χ1n) is 11.2. The lowest BCUT2D eigenvalue weighted by atomic mass is 10.1. The Morgan fingerprint density at radius 2 is 1.79 bits per heavy atom. The zero-order valence-electron chi connectivity index (χ0n) is 19.8. The van der Waals surface area contributed by atoms with E-state index in [1.807, 2.05) is 31.2 Å². The minimum absolute atomic E-state index is 0.292. The molecule has 0 radical (unpaired) electrons. The molecule has 3 aromatic rings. The van der Waals surface area contributed by atoms with E-state index in [4.69, 9.17) is 23.2 Å². The van der Waals surface area contributed by atoms with Gasteiger partial charge in [-0.3, -0.25) is 10.4 Å². The highest BCUT2D eigenvalue weighted by Gasteiger charge is 2.31. The number of rotatable bonds is 7. The van der Waals surface area contributed by atoms with E-state index in [-0.39, 0.29) is 11.9 Å². The average molecular weight is 581 g/mol. The summed E-state index contributed by atoms with van der Waals surface area (Å²) in [5, 5.41) is 7.35. The number of amidine groups is 1. The summed E-state index contributed by atoms with van der Waals surface area (Å²) in [4.78, 5) is 8.93. The van der Waals surface area contributed by atoms with Gasteiger partial charge in [-0.1, -0.05) is 72.2 Å². The first-order chi connectivity index (χ1) is 18.2. The van der Waals surface area contributed by atoms with Gasteiger partial charge in [0, 0.05) is 0 Å². The molecule has 0 saturated carbocycles. The van der Waals surface area contributed by atoms with E-state index in [0.29, 0.717) is 26.6 Å². The fourth-order valence-electron chi connectivity index (χ4n) is 3.29. The van der Waals surface area contributed by atoms with Gasteiger partial charge in [0.25, 0.3) is 0 Å². The second-order valence-electron chi connectivity index (χ2n) is 7.66. The van der Waals surface area contributed by atoms with Crippen molar-refractivity contribution in [2.75, 3.05) is 10.8 Å². The predicted molar refractivity (Wildman–Crippen MR) is 149 cm³/mol. The maximum atomic E-state index is 12.4. The van der Waals surface area contributed by atoms with Crippen LogP contribution in [0.4, 0.5) is 24.5 Å². The predicted octanol–water partition coefficient (Wildman–Crippen LogP) is 7.31. The van der Waals surface area contributed by atoms with Crippen molar-refractivity contribution in [2.24, 2.45) is 15.1 Å². The van der Waals surface area contributed by atoms with Gasteiger partial charge in [0.05, 0.1) is 21.9 Å². The molecule has 1 aliphatic heterocycles. The lowest BCUT2D eigenvalue weighted by Gasteiger charge is -2.18. The van der Waals surface area contributed by atoms with Crippen LogP contribution >= 0.6 is 35.0 Å². The van der Waals surface area contributed by atoms with Gasteiger partial charge in [0.2, 0.25) is 0 Å². The fraction of sp³-hybridized carbons (Fsp3) is 0.160. The molecule has 1 unspecified atom stereocenters. The highest BCUT2D eigenvalue weighted by molar-refractivity contribution is 8.13. The Morgan fingerprint density at radius 3 is 2.42 bits per heavy atom. The maximum absolute atomic E-state index is 12.4. The Kier molecular flexibility index (Phi) is 9.16. The van der Waals surface area contributed by atoms with Crippen LogP contribution in [0.25, 0.3) is 0 Å². The van der Waals surface area contributed by atoms with Crippen molar-refractivity contribution in [3.05, 3.63) is 87.9 Å². The molecule has 3 aromatic carbocycles. The smallest absolute Gasteiger partial charge is 0.406 e. The Hall–Kier alpha value is -3.25. The molecule has 2 N–H and O–H groups in total. The van der Waals surface area contributed by atoms with Crippen LogP contribution in [0, 0.1) is 0 Å². The van der Waals surface area contributed by atoms with Gasteiger partial charge in [0.1, 0.15) is 23.9 Å². The van der Waals surface area contributed by atoms with Crippen molar-refractivity contribution in [1.29, 1.82) is 0 Å². The number of anilines is 1. The van der Waals surface area contributed by atoms with Crippen LogP contribution in [0.3, 0.4) is 0 Å². The second-order valence-corrected chi connectivity index (χ2v) is 9.73. The molecule has 1 aliphatic rings. The maximum Gasteiger partial charge on any atom is 0.573 e. The van der Waals surface area contributed by atoms with E-state index in [2.05, 4.69) is 30.7 Å². The molecule has 1 atom stereocenters. The highest BCUT2D eigenvalue weighted by atomic mass is 35.5. The summed E-state index contributed by atoms with van der Waals surface area (Å²) < 4.78 is 41.0. The molecule has 13 heteroatoms. The normalized spacial score (nSPS) is 15.9. The van der Waals surface area contributed by atoms with E-state index < -0.39 is 6.36 Å². The van der Waals surface area contributed by atoms with Gasteiger partial charge in [-0.2, -0.15) is 10.5 Å². The molecule has 0 amide bonds. The van der Waals surface area contributed by atoms with E-state index in [1.54, 1.807) is 35.8 Å². The van der Waals surface area contributed by atoms with Crippen LogP contribution in [-0.4, -0.2) is 29.8 Å². The first kappa shape index (κ1) is 27.8. The van der Waals surface area contributed by atoms with Crippen molar-refractivity contribution in [3.63, 3.8) is 0 Å². The minimum Gasteiger partial charge on any atom is -0.406 e. The molecular weight excluding hydrogens is 560 g/mol. The van der Waals surface area contributed by atoms with E-state index >= 15 is 0 Å². The van der Waals surface area contributed by atoms with Crippen molar-refractivity contribution >= 4 is 64.1 Å². The van der Waals surface area contributed by atoms with Gasteiger partial charge >= 0.3 is 6.36 Å². The molecule has 38 heavy (non-hydrogen) atoms. The van der Waals surface area contributed by atoms with Crippen molar-refractivity contribution in [1.82, 2.24) is 10.9 Å². The minimum atomic E-state index is -4.73. The highest BCUT2D eigenvalue weighted by Crippen LogP contribution is 2.33. The number of hydrazine groups is 1. The molecule has 198 valence electrons. The molecule has 0 aromatic heterocycles. The quantitative estimate of drug-likeness (QED) is 0.174. The van der Waals surface area contributed by atoms with Gasteiger partial charge < -0.3 is 4.74 Å². The topological polar surface area (TPSA) is 73.6 Å².